The Morgan fingerprint density at radius 1 is 0.929 bits per heavy atom. The standard InChI is InChI=1S/C12H23NO/c14-12-8-4-5-10(12)9-13-11-6-2-1-3-7-11/h10-14H,1-9H2/t10-,12-/m1/s1. The molecule has 2 aliphatic rings. The Balaban J connectivity index is 1.65. The first-order valence-electron chi connectivity index (χ1n) is 6.28. The fraction of sp³-hybridized carbons (Fsp3) is 1.00. The molecule has 2 saturated carbocycles. The van der Waals surface area contributed by atoms with Gasteiger partial charge < -0.3 is 10.4 Å². The number of nitrogens with one attached hydrogen (secondary N) is 1. The third kappa shape index (κ3) is 2.71. The van der Waals surface area contributed by atoms with Crippen molar-refractivity contribution in [3.63, 3.8) is 0 Å². The van der Waals surface area contributed by atoms with Gasteiger partial charge in [0.25, 0.3) is 0 Å². The van der Waals surface area contributed by atoms with Gasteiger partial charge in [-0.25, -0.2) is 0 Å². The van der Waals surface area contributed by atoms with Crippen molar-refractivity contribution in [1.82, 2.24) is 5.32 Å². The summed E-state index contributed by atoms with van der Waals surface area (Å²) in [6, 6.07) is 0.747. The molecule has 82 valence electrons. The number of aliphatic hydroxyl groups excluding tert-OH is 1. The minimum Gasteiger partial charge on any atom is -0.393 e. The van der Waals surface area contributed by atoms with Crippen LogP contribution < -0.4 is 5.32 Å². The van der Waals surface area contributed by atoms with Gasteiger partial charge in [0, 0.05) is 12.6 Å². The van der Waals surface area contributed by atoms with Gasteiger partial charge in [-0.1, -0.05) is 25.7 Å². The van der Waals surface area contributed by atoms with Crippen LogP contribution in [0.25, 0.3) is 0 Å². The monoisotopic (exact) mass is 197 g/mol. The van der Waals surface area contributed by atoms with Crippen molar-refractivity contribution >= 4 is 0 Å². The largest absolute Gasteiger partial charge is 0.393 e. The zero-order chi connectivity index (χ0) is 9.80. The molecule has 2 heteroatoms. The van der Waals surface area contributed by atoms with Crippen LogP contribution in [0.2, 0.25) is 0 Å². The lowest BCUT2D eigenvalue weighted by molar-refractivity contribution is 0.128. The van der Waals surface area contributed by atoms with E-state index in [1.807, 2.05) is 0 Å². The van der Waals surface area contributed by atoms with Crippen molar-refractivity contribution in [1.29, 1.82) is 0 Å². The molecule has 0 spiro atoms. The number of hydrogen-bond donors (Lipinski definition) is 2. The van der Waals surface area contributed by atoms with Gasteiger partial charge in [-0.3, -0.25) is 0 Å². The number of rotatable bonds is 3. The zero-order valence-electron chi connectivity index (χ0n) is 9.04. The molecule has 0 saturated heterocycles. The highest BCUT2D eigenvalue weighted by Crippen LogP contribution is 2.25. The van der Waals surface area contributed by atoms with E-state index in [-0.39, 0.29) is 6.10 Å². The average Bonchev–Trinajstić information content (AvgIpc) is 2.63. The molecule has 0 amide bonds. The molecule has 2 atom stereocenters. The Bertz CT molecular complexity index is 166. The Morgan fingerprint density at radius 2 is 1.71 bits per heavy atom. The van der Waals surface area contributed by atoms with E-state index >= 15 is 0 Å². The third-order valence-electron chi connectivity index (χ3n) is 3.89. The smallest absolute Gasteiger partial charge is 0.0580 e. The molecular weight excluding hydrogens is 174 g/mol. The fourth-order valence-electron chi connectivity index (χ4n) is 2.88. The van der Waals surface area contributed by atoms with Crippen LogP contribution in [0.15, 0.2) is 0 Å². The third-order valence-corrected chi connectivity index (χ3v) is 3.89. The lowest BCUT2D eigenvalue weighted by Crippen LogP contribution is -2.36. The number of aliphatic hydroxyl groups is 1. The van der Waals surface area contributed by atoms with Crippen LogP contribution in [0.4, 0.5) is 0 Å². The lowest BCUT2D eigenvalue weighted by Gasteiger charge is -2.25. The second-order valence-corrected chi connectivity index (χ2v) is 5.00. The molecule has 0 radical (unpaired) electrons. The maximum absolute atomic E-state index is 9.68. The van der Waals surface area contributed by atoms with Crippen molar-refractivity contribution in [2.45, 2.75) is 63.5 Å². The van der Waals surface area contributed by atoms with Crippen LogP contribution in [0.1, 0.15) is 51.4 Å². The van der Waals surface area contributed by atoms with Gasteiger partial charge in [-0.05, 0) is 31.6 Å². The van der Waals surface area contributed by atoms with Crippen LogP contribution in [0, 0.1) is 5.92 Å². The zero-order valence-corrected chi connectivity index (χ0v) is 9.04. The first kappa shape index (κ1) is 10.4. The van der Waals surface area contributed by atoms with Crippen molar-refractivity contribution in [3.05, 3.63) is 0 Å². The molecule has 2 rings (SSSR count). The summed E-state index contributed by atoms with van der Waals surface area (Å²) in [7, 11) is 0. The van der Waals surface area contributed by atoms with Crippen LogP contribution in [0.5, 0.6) is 0 Å². The predicted octanol–water partition coefficient (Wildman–Crippen LogP) is 2.07. The molecule has 0 aromatic heterocycles. The van der Waals surface area contributed by atoms with Gasteiger partial charge in [0.05, 0.1) is 6.10 Å². The van der Waals surface area contributed by atoms with E-state index < -0.39 is 0 Å². The van der Waals surface area contributed by atoms with E-state index in [0.29, 0.717) is 5.92 Å². The molecule has 0 aromatic rings. The molecule has 2 nitrogen and oxygen atoms in total. The maximum atomic E-state index is 9.68. The van der Waals surface area contributed by atoms with E-state index in [4.69, 9.17) is 0 Å². The van der Waals surface area contributed by atoms with Crippen LogP contribution in [0.3, 0.4) is 0 Å². The minimum atomic E-state index is -0.0221. The first-order chi connectivity index (χ1) is 6.86. The highest BCUT2D eigenvalue weighted by Gasteiger charge is 2.25. The van der Waals surface area contributed by atoms with Crippen molar-refractivity contribution in [2.24, 2.45) is 5.92 Å². The van der Waals surface area contributed by atoms with Gasteiger partial charge in [0.15, 0.2) is 0 Å². The molecule has 14 heavy (non-hydrogen) atoms. The van der Waals surface area contributed by atoms with E-state index in [9.17, 15) is 5.11 Å². The second-order valence-electron chi connectivity index (χ2n) is 5.00. The lowest BCUT2D eigenvalue weighted by atomic mass is 9.95. The van der Waals surface area contributed by atoms with Crippen molar-refractivity contribution < 1.29 is 5.11 Å². The molecule has 0 heterocycles. The highest BCUT2D eigenvalue weighted by molar-refractivity contribution is 4.80. The maximum Gasteiger partial charge on any atom is 0.0580 e. The van der Waals surface area contributed by atoms with Crippen molar-refractivity contribution in [2.75, 3.05) is 6.54 Å². The first-order valence-corrected chi connectivity index (χ1v) is 6.28. The summed E-state index contributed by atoms with van der Waals surface area (Å²) < 4.78 is 0. The van der Waals surface area contributed by atoms with Crippen LogP contribution in [-0.2, 0) is 0 Å². The molecule has 0 bridgehead atoms. The fourth-order valence-corrected chi connectivity index (χ4v) is 2.88. The summed E-state index contributed by atoms with van der Waals surface area (Å²) in [6.07, 6.45) is 10.4. The van der Waals surface area contributed by atoms with Gasteiger partial charge in [-0.15, -0.1) is 0 Å². The molecule has 0 unspecified atom stereocenters. The predicted molar refractivity (Wildman–Crippen MR) is 58.2 cm³/mol. The molecule has 2 N–H and O–H groups in total. The van der Waals surface area contributed by atoms with E-state index in [1.165, 1.54) is 44.9 Å². The van der Waals surface area contributed by atoms with E-state index in [0.717, 1.165) is 19.0 Å². The summed E-state index contributed by atoms with van der Waals surface area (Å²) in [5.74, 6) is 0.539. The number of hydrogen-bond acceptors (Lipinski definition) is 2. The molecule has 0 aromatic carbocycles. The van der Waals surface area contributed by atoms with E-state index in [2.05, 4.69) is 5.32 Å². The summed E-state index contributed by atoms with van der Waals surface area (Å²) in [5, 5.41) is 13.3. The SMILES string of the molecule is O[C@@H]1CCC[C@@H]1CNC1CCCCC1. The molecule has 2 aliphatic carbocycles. The Labute approximate surface area is 87.1 Å². The van der Waals surface area contributed by atoms with Gasteiger partial charge in [-0.2, -0.15) is 0 Å². The van der Waals surface area contributed by atoms with Crippen molar-refractivity contribution in [3.8, 4) is 0 Å². The molecule has 0 aliphatic heterocycles. The topological polar surface area (TPSA) is 32.3 Å². The quantitative estimate of drug-likeness (QED) is 0.726. The minimum absolute atomic E-state index is 0.0221. The van der Waals surface area contributed by atoms with Gasteiger partial charge in [0.1, 0.15) is 0 Å². The summed E-state index contributed by atoms with van der Waals surface area (Å²) in [6.45, 7) is 1.05. The van der Waals surface area contributed by atoms with Crippen LogP contribution >= 0.6 is 0 Å². The Hall–Kier alpha value is -0.0800. The van der Waals surface area contributed by atoms with Crippen LogP contribution in [-0.4, -0.2) is 23.8 Å². The average molecular weight is 197 g/mol. The summed E-state index contributed by atoms with van der Waals surface area (Å²) in [4.78, 5) is 0. The second kappa shape index (κ2) is 5.13. The molecule has 2 fully saturated rings. The Kier molecular flexibility index (Phi) is 3.82. The Morgan fingerprint density at radius 3 is 2.36 bits per heavy atom. The summed E-state index contributed by atoms with van der Waals surface area (Å²) >= 11 is 0. The van der Waals surface area contributed by atoms with Gasteiger partial charge >= 0.3 is 0 Å². The van der Waals surface area contributed by atoms with Gasteiger partial charge in [0.2, 0.25) is 0 Å². The summed E-state index contributed by atoms with van der Waals surface area (Å²) in [5.41, 5.74) is 0. The van der Waals surface area contributed by atoms with E-state index in [1.54, 1.807) is 0 Å². The molecular formula is C12H23NO. The normalized spacial score (nSPS) is 34.9. The highest BCUT2D eigenvalue weighted by atomic mass is 16.3.